The van der Waals surface area contributed by atoms with E-state index in [4.69, 9.17) is 17.2 Å². The Labute approximate surface area is 434 Å². The standard InChI is InChI=1S/C55H70N6O10S2/c1-32(2)41-27-49(65)45(15-9-10-22-56)59-55(71)43(37-12-5-4-6-13-37)29-50(66)46(25-34-17-20-40(63)21-18-34)60-53(69)39(26-48(64)44(57)24-35-16-19-36-11-7-8-14-38(36)23-35)30-72-73-31-47(61-54(41)70)51(67)28-42(33(3)62)52(58)68/h4-8,11-14,16-21,23,32-33,39,41-47,62-63H,9-10,15,22,24-31,56-57H2,1-3H3,(H2,58,68)(H,59,71)(H,60,69)(H,61,70)/t33?,39-,41-,42-,43+,44+,45-,46-,47-/m0/s1. The van der Waals surface area contributed by atoms with E-state index in [0.717, 1.165) is 37.9 Å². The van der Waals surface area contributed by atoms with Crippen molar-refractivity contribution in [1.82, 2.24) is 16.0 Å². The van der Waals surface area contributed by atoms with Gasteiger partial charge in [-0.25, -0.2) is 0 Å². The minimum Gasteiger partial charge on any atom is -0.508 e. The molecule has 4 aromatic carbocycles. The number of nitrogens with one attached hydrogen (secondary N) is 3. The molecule has 16 nitrogen and oxygen atoms in total. The van der Waals surface area contributed by atoms with Gasteiger partial charge < -0.3 is 43.4 Å². The SMILES string of the molecule is CC(C)[C@@H]1CC(=O)[C@H](CCCCN)NC(=O)[C@@H](c2ccccc2)CC(=O)[C@H](Cc2ccc(O)cc2)NC(=O)[C@@H](CC(=O)[C@H](N)Cc2ccc3ccccc3c2)CSSC[C@@H](C(=O)C[C@H](C(N)=O)C(C)O)NC1=O. The van der Waals surface area contributed by atoms with Gasteiger partial charge in [0.05, 0.1) is 48.0 Å². The molecule has 1 unspecified atom stereocenters. The summed E-state index contributed by atoms with van der Waals surface area (Å²) in [4.78, 5) is 113. The topological polar surface area (TPSA) is 291 Å². The molecule has 1 heterocycles. The van der Waals surface area contributed by atoms with E-state index in [1.807, 2.05) is 42.5 Å². The summed E-state index contributed by atoms with van der Waals surface area (Å²) in [5, 5.41) is 31.0. The Morgan fingerprint density at radius 2 is 1.36 bits per heavy atom. The Kier molecular flexibility index (Phi) is 22.6. The van der Waals surface area contributed by atoms with Gasteiger partial charge in [-0.15, -0.1) is 0 Å². The molecule has 73 heavy (non-hydrogen) atoms. The highest BCUT2D eigenvalue weighted by Crippen LogP contribution is 2.30. The molecule has 4 amide bonds. The van der Waals surface area contributed by atoms with Gasteiger partial charge in [0.25, 0.3) is 0 Å². The Balaban J connectivity index is 1.55. The summed E-state index contributed by atoms with van der Waals surface area (Å²) in [6.45, 7) is 5.16. The van der Waals surface area contributed by atoms with Crippen LogP contribution in [0.2, 0.25) is 0 Å². The zero-order valence-corrected chi connectivity index (χ0v) is 43.3. The number of benzene rings is 4. The molecule has 0 aromatic heterocycles. The van der Waals surface area contributed by atoms with Gasteiger partial charge in [0.15, 0.2) is 23.1 Å². The van der Waals surface area contributed by atoms with Crippen LogP contribution in [0, 0.1) is 23.7 Å². The molecule has 392 valence electrons. The minimum atomic E-state index is -1.28. The number of unbranched alkanes of at least 4 members (excludes halogenated alkanes) is 1. The third kappa shape index (κ3) is 17.6. The number of Topliss-reactive ketones (excluding diaryl/α,β-unsaturated/α-hetero) is 4. The van der Waals surface area contributed by atoms with Gasteiger partial charge in [-0.2, -0.15) is 0 Å². The molecule has 4 aromatic rings. The molecule has 1 aliphatic rings. The van der Waals surface area contributed by atoms with Crippen LogP contribution in [-0.4, -0.2) is 105 Å². The van der Waals surface area contributed by atoms with Crippen LogP contribution in [0.3, 0.4) is 0 Å². The number of aliphatic hydroxyl groups excluding tert-OH is 1. The van der Waals surface area contributed by atoms with Crippen molar-refractivity contribution in [3.8, 4) is 5.75 Å². The molecule has 0 spiro atoms. The number of rotatable bonds is 18. The normalized spacial score (nSPS) is 22.4. The van der Waals surface area contributed by atoms with E-state index < -0.39 is 119 Å². The number of ketones is 4. The Morgan fingerprint density at radius 3 is 2.01 bits per heavy atom. The van der Waals surface area contributed by atoms with Crippen LogP contribution in [0.25, 0.3) is 10.8 Å². The number of fused-ring (bicyclic) bond motifs is 1. The van der Waals surface area contributed by atoms with Crippen molar-refractivity contribution in [3.05, 3.63) is 114 Å². The maximum atomic E-state index is 14.8. The summed E-state index contributed by atoms with van der Waals surface area (Å²) in [5.41, 5.74) is 19.8. The molecular weight excluding hydrogens is 969 g/mol. The second-order valence-electron chi connectivity index (χ2n) is 19.3. The number of primary amides is 1. The molecule has 1 fully saturated rings. The van der Waals surface area contributed by atoms with E-state index in [-0.39, 0.29) is 49.4 Å². The first-order chi connectivity index (χ1) is 34.8. The van der Waals surface area contributed by atoms with E-state index in [9.17, 15) is 48.6 Å². The molecule has 0 saturated carbocycles. The van der Waals surface area contributed by atoms with Crippen molar-refractivity contribution >= 4 is 79.1 Å². The Hall–Kier alpha value is -5.92. The van der Waals surface area contributed by atoms with Gasteiger partial charge in [-0.05, 0) is 91.1 Å². The number of aliphatic hydroxyl groups is 1. The van der Waals surface area contributed by atoms with E-state index >= 15 is 0 Å². The number of phenols is 1. The van der Waals surface area contributed by atoms with Crippen LogP contribution in [-0.2, 0) is 51.2 Å². The molecule has 5 rings (SSSR count). The number of aromatic hydroxyl groups is 1. The zero-order valence-electron chi connectivity index (χ0n) is 41.7. The number of nitrogens with two attached hydrogens (primary N) is 3. The fourth-order valence-corrected chi connectivity index (χ4v) is 11.3. The fraction of sp³-hybridized carbons (Fsp3) is 0.455. The summed E-state index contributed by atoms with van der Waals surface area (Å²) in [6, 6.07) is 23.7. The van der Waals surface area contributed by atoms with Crippen LogP contribution >= 0.6 is 21.6 Å². The fourth-order valence-electron chi connectivity index (χ4n) is 8.83. The molecule has 9 atom stereocenters. The molecule has 0 radical (unpaired) electrons. The summed E-state index contributed by atoms with van der Waals surface area (Å²) in [7, 11) is 2.26. The molecule has 1 aliphatic heterocycles. The van der Waals surface area contributed by atoms with E-state index in [1.54, 1.807) is 56.3 Å². The number of carbonyl (C=O) groups is 8. The number of hydrogen-bond acceptors (Lipinski definition) is 14. The van der Waals surface area contributed by atoms with Crippen molar-refractivity contribution in [2.45, 2.75) is 115 Å². The monoisotopic (exact) mass is 1040 g/mol. The molecule has 1 saturated heterocycles. The first kappa shape index (κ1) is 58.0. The van der Waals surface area contributed by atoms with Crippen molar-refractivity contribution in [3.63, 3.8) is 0 Å². The highest BCUT2D eigenvalue weighted by atomic mass is 33.1. The summed E-state index contributed by atoms with van der Waals surface area (Å²) < 4.78 is 0. The number of phenolic OH excluding ortho intramolecular Hbond substituents is 1. The highest BCUT2D eigenvalue weighted by molar-refractivity contribution is 8.76. The largest absolute Gasteiger partial charge is 0.508 e. The Bertz CT molecular complexity index is 2540. The Morgan fingerprint density at radius 1 is 0.726 bits per heavy atom. The smallest absolute Gasteiger partial charge is 0.228 e. The molecule has 0 aliphatic carbocycles. The average Bonchev–Trinajstić information content (AvgIpc) is 3.36. The lowest BCUT2D eigenvalue weighted by Gasteiger charge is -2.28. The minimum absolute atomic E-state index is 0.0151. The average molecular weight is 1040 g/mol. The first-order valence-electron chi connectivity index (χ1n) is 24.8. The number of hydrogen-bond donors (Lipinski definition) is 8. The van der Waals surface area contributed by atoms with Crippen molar-refractivity contribution in [2.75, 3.05) is 18.1 Å². The van der Waals surface area contributed by atoms with Gasteiger partial charge in [0, 0.05) is 43.1 Å². The van der Waals surface area contributed by atoms with Gasteiger partial charge in [0.2, 0.25) is 23.6 Å². The van der Waals surface area contributed by atoms with Gasteiger partial charge >= 0.3 is 0 Å². The molecule has 18 heteroatoms. The van der Waals surface area contributed by atoms with E-state index in [1.165, 1.54) is 19.1 Å². The second-order valence-corrected chi connectivity index (χ2v) is 21.9. The predicted octanol–water partition coefficient (Wildman–Crippen LogP) is 4.63. The lowest BCUT2D eigenvalue weighted by molar-refractivity contribution is -0.136. The first-order valence-corrected chi connectivity index (χ1v) is 27.3. The van der Waals surface area contributed by atoms with Crippen LogP contribution in [0.5, 0.6) is 5.75 Å². The van der Waals surface area contributed by atoms with Gasteiger partial charge in [0.1, 0.15) is 5.75 Å². The summed E-state index contributed by atoms with van der Waals surface area (Å²) >= 11 is 0. The maximum Gasteiger partial charge on any atom is 0.228 e. The van der Waals surface area contributed by atoms with Crippen molar-refractivity contribution in [2.24, 2.45) is 40.9 Å². The van der Waals surface area contributed by atoms with Crippen LogP contribution in [0.1, 0.15) is 88.3 Å². The van der Waals surface area contributed by atoms with Crippen LogP contribution in [0.4, 0.5) is 0 Å². The zero-order chi connectivity index (χ0) is 53.2. The lowest BCUT2D eigenvalue weighted by Crippen LogP contribution is -2.50. The third-order valence-corrected chi connectivity index (χ3v) is 15.9. The van der Waals surface area contributed by atoms with Crippen LogP contribution < -0.4 is 33.2 Å². The summed E-state index contributed by atoms with van der Waals surface area (Å²) in [5.74, 6) is -9.84. The molecule has 11 N–H and O–H groups in total. The van der Waals surface area contributed by atoms with E-state index in [0.29, 0.717) is 30.5 Å². The summed E-state index contributed by atoms with van der Waals surface area (Å²) in [6.07, 6.45) is -1.51. The third-order valence-electron chi connectivity index (χ3n) is 13.4. The lowest BCUT2D eigenvalue weighted by atomic mass is 9.85. The van der Waals surface area contributed by atoms with E-state index in [2.05, 4.69) is 16.0 Å². The number of carbonyl (C=O) groups excluding carboxylic acids is 8. The van der Waals surface area contributed by atoms with Gasteiger partial charge in [-0.3, -0.25) is 38.4 Å². The van der Waals surface area contributed by atoms with Crippen molar-refractivity contribution < 1.29 is 48.6 Å². The van der Waals surface area contributed by atoms with Gasteiger partial charge in [-0.1, -0.05) is 120 Å². The predicted molar refractivity (Wildman–Crippen MR) is 285 cm³/mol. The quantitative estimate of drug-likeness (QED) is 0.0499. The highest BCUT2D eigenvalue weighted by Gasteiger charge is 2.37. The van der Waals surface area contributed by atoms with Crippen LogP contribution in [0.15, 0.2) is 97.1 Å². The molecular formula is C55H70N6O10S2. The van der Waals surface area contributed by atoms with Crippen molar-refractivity contribution in [1.29, 1.82) is 0 Å². The number of amides is 4. The molecule has 0 bridgehead atoms. The second kappa shape index (κ2) is 28.5. The maximum absolute atomic E-state index is 14.8.